The van der Waals surface area contributed by atoms with Crippen molar-refractivity contribution in [2.45, 2.75) is 47.6 Å². The lowest BCUT2D eigenvalue weighted by Gasteiger charge is -2.18. The monoisotopic (exact) mass is 526 g/mol. The first-order valence-electron chi connectivity index (χ1n) is 10.7. The fourth-order valence-electron chi connectivity index (χ4n) is 2.08. The summed E-state index contributed by atoms with van der Waals surface area (Å²) in [5.74, 6) is -0.987. The first kappa shape index (κ1) is 37.1. The molecular weight excluding hydrogens is 484 g/mol. The van der Waals surface area contributed by atoms with Gasteiger partial charge in [-0.05, 0) is 20.3 Å². The van der Waals surface area contributed by atoms with Crippen LogP contribution in [0.2, 0.25) is 0 Å². The molecule has 0 radical (unpaired) electrons. The van der Waals surface area contributed by atoms with E-state index in [1.54, 1.807) is 13.8 Å². The minimum atomic E-state index is -0.987. The molecule has 0 atom stereocenters. The molecule has 36 heavy (non-hydrogen) atoms. The summed E-state index contributed by atoms with van der Waals surface area (Å²) in [6, 6.07) is 0. The van der Waals surface area contributed by atoms with E-state index >= 15 is 0 Å². The Kier molecular flexibility index (Phi) is 25.4. The van der Waals surface area contributed by atoms with Crippen LogP contribution in [0, 0.1) is 0 Å². The Balaban J connectivity index is -0.00000544. The Morgan fingerprint density at radius 3 is 1.36 bits per heavy atom. The van der Waals surface area contributed by atoms with Crippen LogP contribution < -0.4 is 21.3 Å². The quantitative estimate of drug-likeness (QED) is 0.136. The first-order valence-corrected chi connectivity index (χ1v) is 10.7. The van der Waals surface area contributed by atoms with Gasteiger partial charge in [0.25, 0.3) is 0 Å². The average molecular weight is 527 g/mol. The van der Waals surface area contributed by atoms with Gasteiger partial charge in [0.1, 0.15) is 19.3 Å². The van der Waals surface area contributed by atoms with Gasteiger partial charge in [-0.2, -0.15) is 0 Å². The van der Waals surface area contributed by atoms with Gasteiger partial charge in [0.2, 0.25) is 0 Å². The minimum absolute atomic E-state index is 0. The topological polar surface area (TPSA) is 200 Å². The highest BCUT2D eigenvalue weighted by atomic mass is 16.6. The second-order valence-corrected chi connectivity index (χ2v) is 6.34. The molecule has 0 fully saturated rings. The zero-order chi connectivity index (χ0) is 25.6. The van der Waals surface area contributed by atoms with Crippen LogP contribution in [0.15, 0.2) is 0 Å². The number of amides is 4. The highest BCUT2D eigenvalue weighted by Crippen LogP contribution is 2.00. The minimum Gasteiger partial charge on any atom is -0.481 e. The number of hydrogen-bond acceptors (Lipinski definition) is 10. The van der Waals surface area contributed by atoms with Gasteiger partial charge in [-0.25, -0.2) is 19.2 Å². The van der Waals surface area contributed by atoms with Crippen molar-refractivity contribution in [3.05, 3.63) is 0 Å². The van der Waals surface area contributed by atoms with Gasteiger partial charge in [0, 0.05) is 39.2 Å². The Hall–Kier alpha value is -3.49. The molecule has 0 bridgehead atoms. The number of alkyl carbamates (subject to hydrolysis) is 4. The van der Waals surface area contributed by atoms with Crippen LogP contribution in [0.3, 0.4) is 0 Å². The molecule has 15 heteroatoms. The molecule has 0 spiro atoms. The highest BCUT2D eigenvalue weighted by Gasteiger charge is 2.16. The van der Waals surface area contributed by atoms with E-state index in [2.05, 4.69) is 30.7 Å². The summed E-state index contributed by atoms with van der Waals surface area (Å²) in [6.45, 7) is 3.66. The molecule has 0 aliphatic rings. The molecule has 0 aromatic heterocycles. The lowest BCUT2D eigenvalue weighted by Crippen LogP contribution is -2.38. The van der Waals surface area contributed by atoms with Crippen molar-refractivity contribution < 1.29 is 52.8 Å². The van der Waals surface area contributed by atoms with E-state index in [4.69, 9.17) is 19.3 Å². The third kappa shape index (κ3) is 23.7. The molecule has 0 saturated heterocycles. The average Bonchev–Trinajstić information content (AvgIpc) is 2.78. The number of nitrogens with one attached hydrogen (secondary N) is 4. The third-order valence-electron chi connectivity index (χ3n) is 3.57. The van der Waals surface area contributed by atoms with E-state index in [0.29, 0.717) is 0 Å². The smallest absolute Gasteiger partial charge is 0.407 e. The normalized spacial score (nSPS) is 9.53. The molecule has 0 heterocycles. The van der Waals surface area contributed by atoms with Crippen LogP contribution in [0.5, 0.6) is 0 Å². The Morgan fingerprint density at radius 1 is 0.667 bits per heavy atom. The van der Waals surface area contributed by atoms with Gasteiger partial charge in [0.05, 0.1) is 13.2 Å². The predicted octanol–water partition coefficient (Wildman–Crippen LogP) is 1.45. The van der Waals surface area contributed by atoms with Crippen molar-refractivity contribution in [2.24, 2.45) is 0 Å². The molecule has 0 saturated carbocycles. The van der Waals surface area contributed by atoms with Crippen LogP contribution in [0.4, 0.5) is 19.2 Å². The summed E-state index contributed by atoms with van der Waals surface area (Å²) < 4.78 is 24.8. The maximum Gasteiger partial charge on any atom is 0.407 e. The summed E-state index contributed by atoms with van der Waals surface area (Å²) in [5, 5.41) is 18.3. The van der Waals surface area contributed by atoms with Crippen LogP contribution in [-0.2, 0) is 28.5 Å². The van der Waals surface area contributed by atoms with E-state index in [9.17, 15) is 24.0 Å². The zero-order valence-corrected chi connectivity index (χ0v) is 19.4. The number of carboxylic acids is 1. The largest absolute Gasteiger partial charge is 0.481 e. The summed E-state index contributed by atoms with van der Waals surface area (Å²) >= 11 is 0. The SMILES string of the molecule is C.C.CCOC(=O)NCCNC(=O)OCC(COC(=O)NCCNC(=O)OCC)OCCCC(=O)O. The first-order chi connectivity index (χ1) is 16.3. The summed E-state index contributed by atoms with van der Waals surface area (Å²) in [7, 11) is 0. The predicted molar refractivity (Wildman–Crippen MR) is 129 cm³/mol. The van der Waals surface area contributed by atoms with E-state index < -0.39 is 36.4 Å². The molecule has 212 valence electrons. The van der Waals surface area contributed by atoms with Crippen LogP contribution >= 0.6 is 0 Å². The summed E-state index contributed by atoms with van der Waals surface area (Å²) in [5.41, 5.74) is 0. The maximum absolute atomic E-state index is 11.8. The number of aliphatic carboxylic acids is 1. The number of rotatable bonds is 17. The molecule has 0 rings (SSSR count). The lowest BCUT2D eigenvalue weighted by molar-refractivity contribution is -0.137. The second kappa shape index (κ2) is 24.6. The molecule has 0 unspecified atom stereocenters. The van der Waals surface area contributed by atoms with Gasteiger partial charge in [-0.3, -0.25) is 4.79 Å². The van der Waals surface area contributed by atoms with E-state index in [-0.39, 0.29) is 86.9 Å². The molecule has 15 nitrogen and oxygen atoms in total. The second-order valence-electron chi connectivity index (χ2n) is 6.34. The molecule has 0 aliphatic carbocycles. The van der Waals surface area contributed by atoms with Crippen LogP contribution in [0.1, 0.15) is 41.5 Å². The Bertz CT molecular complexity index is 593. The van der Waals surface area contributed by atoms with Gasteiger partial charge in [-0.15, -0.1) is 0 Å². The van der Waals surface area contributed by atoms with E-state index in [1.165, 1.54) is 0 Å². The van der Waals surface area contributed by atoms with Gasteiger partial charge < -0.3 is 50.1 Å². The van der Waals surface area contributed by atoms with Crippen molar-refractivity contribution in [3.63, 3.8) is 0 Å². The zero-order valence-electron chi connectivity index (χ0n) is 19.4. The number of ether oxygens (including phenoxy) is 5. The lowest BCUT2D eigenvalue weighted by atomic mass is 10.3. The highest BCUT2D eigenvalue weighted by molar-refractivity contribution is 5.69. The number of carboxylic acid groups (broad SMARTS) is 1. The van der Waals surface area contributed by atoms with Crippen molar-refractivity contribution in [1.29, 1.82) is 0 Å². The maximum atomic E-state index is 11.8. The van der Waals surface area contributed by atoms with Crippen molar-refractivity contribution >= 4 is 30.3 Å². The van der Waals surface area contributed by atoms with Crippen LogP contribution in [-0.4, -0.2) is 101 Å². The van der Waals surface area contributed by atoms with Gasteiger partial charge >= 0.3 is 30.3 Å². The van der Waals surface area contributed by atoms with Crippen LogP contribution in [0.25, 0.3) is 0 Å². The fraction of sp³-hybridized carbons (Fsp3) is 0.762. The molecular formula is C21H42N4O11. The van der Waals surface area contributed by atoms with E-state index in [1.807, 2.05) is 0 Å². The summed E-state index contributed by atoms with van der Waals surface area (Å²) in [6.07, 6.45) is -3.56. The Morgan fingerprint density at radius 2 is 1.03 bits per heavy atom. The third-order valence-corrected chi connectivity index (χ3v) is 3.57. The van der Waals surface area contributed by atoms with Crippen molar-refractivity contribution in [3.8, 4) is 0 Å². The van der Waals surface area contributed by atoms with Crippen molar-refractivity contribution in [2.75, 3.05) is 59.2 Å². The molecule has 0 aliphatic heterocycles. The fourth-order valence-corrected chi connectivity index (χ4v) is 2.08. The number of carbonyl (C=O) groups excluding carboxylic acids is 4. The number of hydrogen-bond donors (Lipinski definition) is 5. The molecule has 0 aromatic carbocycles. The van der Waals surface area contributed by atoms with Gasteiger partial charge in [0.15, 0.2) is 0 Å². The van der Waals surface area contributed by atoms with E-state index in [0.717, 1.165) is 0 Å². The summed E-state index contributed by atoms with van der Waals surface area (Å²) in [4.78, 5) is 56.4. The van der Waals surface area contributed by atoms with Crippen molar-refractivity contribution in [1.82, 2.24) is 21.3 Å². The van der Waals surface area contributed by atoms with Gasteiger partial charge in [-0.1, -0.05) is 14.9 Å². The molecule has 5 N–H and O–H groups in total. The standard InChI is InChI=1S/C19H34N4O11.2CH4/c1-3-30-16(26)20-7-9-22-18(28)33-12-14(32-11-5-6-15(24)25)13-34-19(29)23-10-8-21-17(27)31-4-2;;/h14H,3-13H2,1-2H3,(H,20,26)(H,21,27)(H,22,28)(H,23,29)(H,24,25);2*1H4. The molecule has 0 aromatic rings. The number of carbonyl (C=O) groups is 5. The molecule has 4 amide bonds. The Labute approximate surface area is 211 Å².